The minimum Gasteiger partial charge on any atom is -0.378 e. The van der Waals surface area contributed by atoms with Gasteiger partial charge in [0, 0.05) is 13.5 Å². The Morgan fingerprint density at radius 1 is 0.714 bits per heavy atom. The Morgan fingerprint density at radius 2 is 1.36 bits per heavy atom. The molecule has 0 radical (unpaired) electrons. The van der Waals surface area contributed by atoms with E-state index in [1.807, 2.05) is 7.11 Å². The number of hydrogen-bond acceptors (Lipinski definition) is 1. The summed E-state index contributed by atoms with van der Waals surface area (Å²) in [7, 11) is 9.16. The Hall–Kier alpha value is -0.160. The fraction of sp³-hybridized carbons (Fsp3) is 1.00. The first kappa shape index (κ1) is 27.8. The van der Waals surface area contributed by atoms with Crippen molar-refractivity contribution in [3.05, 3.63) is 0 Å². The van der Waals surface area contributed by atoms with E-state index >= 15 is 0 Å². The van der Waals surface area contributed by atoms with Crippen molar-refractivity contribution in [3.8, 4) is 0 Å². The zero-order chi connectivity index (χ0) is 21.9. The molecule has 28 heavy (non-hydrogen) atoms. The van der Waals surface area contributed by atoms with Crippen LogP contribution < -0.4 is 0 Å². The Balaban J connectivity index is 6.04. The third-order valence-electron chi connectivity index (χ3n) is 7.95. The van der Waals surface area contributed by atoms with Crippen LogP contribution in [0.5, 0.6) is 0 Å². The van der Waals surface area contributed by atoms with Gasteiger partial charge in [-0.2, -0.15) is 0 Å². The lowest BCUT2D eigenvalue weighted by atomic mass is 9.88. The summed E-state index contributed by atoms with van der Waals surface area (Å²) < 4.78 is 9.41. The van der Waals surface area contributed by atoms with Crippen molar-refractivity contribution >= 4 is 0 Å². The fourth-order valence-corrected chi connectivity index (χ4v) is 4.92. The van der Waals surface area contributed by atoms with E-state index < -0.39 is 0 Å². The number of nitrogens with zero attached hydrogens (tertiary/aromatic N) is 3. The highest BCUT2D eigenvalue weighted by molar-refractivity contribution is 4.81. The van der Waals surface area contributed by atoms with Gasteiger partial charge >= 0.3 is 0 Å². The Labute approximate surface area is 178 Å². The topological polar surface area (TPSA) is 9.23 Å². The molecule has 3 unspecified atom stereocenters. The summed E-state index contributed by atoms with van der Waals surface area (Å²) in [6.07, 6.45) is 5.02. The van der Waals surface area contributed by atoms with E-state index in [9.17, 15) is 0 Å². The molecule has 0 aliphatic rings. The van der Waals surface area contributed by atoms with E-state index in [2.05, 4.69) is 62.7 Å². The molecule has 0 aromatic rings. The molecule has 0 bridgehead atoms. The first-order chi connectivity index (χ1) is 13.1. The SMILES string of the molecule is CCCC[N+](CC)(CC[N+](C)(C)CC)CC(CC)(COC)[N+](C)(CC)CCC. The molecule has 0 spiro atoms. The number of methoxy groups -OCH3 is 1. The molecule has 0 fully saturated rings. The van der Waals surface area contributed by atoms with Crippen molar-refractivity contribution < 1.29 is 18.2 Å². The van der Waals surface area contributed by atoms with Gasteiger partial charge in [0.15, 0.2) is 5.54 Å². The van der Waals surface area contributed by atoms with Crippen LogP contribution >= 0.6 is 0 Å². The molecule has 0 N–H and O–H groups in total. The van der Waals surface area contributed by atoms with Crippen LogP contribution in [-0.2, 0) is 4.74 Å². The standard InChI is InChI=1S/C24H56N3O/c1-11-17-19-27(16-6,21-20-25(7,8)14-4)22-24(13-3,23-28-10)26(9,15-5)18-12-2/h11-23H2,1-10H3/q+3. The quantitative estimate of drug-likeness (QED) is 0.328. The smallest absolute Gasteiger partial charge is 0.171 e. The Kier molecular flexibility index (Phi) is 12.4. The van der Waals surface area contributed by atoms with Crippen LogP contribution in [0.3, 0.4) is 0 Å². The predicted molar refractivity (Wildman–Crippen MR) is 125 cm³/mol. The summed E-state index contributed by atoms with van der Waals surface area (Å²) in [6, 6.07) is 0. The molecule has 0 rings (SSSR count). The maximum Gasteiger partial charge on any atom is 0.171 e. The van der Waals surface area contributed by atoms with Crippen LogP contribution in [0.15, 0.2) is 0 Å². The first-order valence-electron chi connectivity index (χ1n) is 12.1. The predicted octanol–water partition coefficient (Wildman–Crippen LogP) is 4.39. The minimum atomic E-state index is 0.187. The van der Waals surface area contributed by atoms with Gasteiger partial charge < -0.3 is 18.2 Å². The average molecular weight is 403 g/mol. The van der Waals surface area contributed by atoms with Crippen molar-refractivity contribution in [1.29, 1.82) is 0 Å². The molecule has 0 saturated heterocycles. The number of ether oxygens (including phenoxy) is 1. The number of quaternary nitrogens is 3. The minimum absolute atomic E-state index is 0.187. The summed E-state index contributed by atoms with van der Waals surface area (Å²) >= 11 is 0. The van der Waals surface area contributed by atoms with Crippen molar-refractivity contribution in [1.82, 2.24) is 0 Å². The number of likely N-dealkylation sites (N-methyl/N-ethyl adjacent to an activating group) is 3. The molecular weight excluding hydrogens is 346 g/mol. The summed E-state index contributed by atoms with van der Waals surface area (Å²) in [4.78, 5) is 0. The van der Waals surface area contributed by atoms with Crippen LogP contribution in [0.4, 0.5) is 0 Å². The van der Waals surface area contributed by atoms with Gasteiger partial charge in [0.2, 0.25) is 0 Å². The molecule has 170 valence electrons. The van der Waals surface area contributed by atoms with Crippen LogP contribution in [0.1, 0.15) is 67.2 Å². The second-order valence-corrected chi connectivity index (χ2v) is 10.0. The van der Waals surface area contributed by atoms with E-state index in [0.717, 1.165) is 15.6 Å². The second kappa shape index (κ2) is 12.5. The van der Waals surface area contributed by atoms with Gasteiger partial charge in [0.1, 0.15) is 26.2 Å². The van der Waals surface area contributed by atoms with E-state index in [1.165, 1.54) is 82.5 Å². The molecule has 4 heteroatoms. The molecule has 0 aliphatic heterocycles. The third kappa shape index (κ3) is 7.27. The monoisotopic (exact) mass is 402 g/mol. The second-order valence-electron chi connectivity index (χ2n) is 10.0. The lowest BCUT2D eigenvalue weighted by Crippen LogP contribution is -2.72. The van der Waals surface area contributed by atoms with Crippen molar-refractivity contribution in [3.63, 3.8) is 0 Å². The van der Waals surface area contributed by atoms with Crippen LogP contribution in [0, 0.1) is 0 Å². The van der Waals surface area contributed by atoms with Gasteiger partial charge in [-0.05, 0) is 33.6 Å². The highest BCUT2D eigenvalue weighted by Crippen LogP contribution is 2.32. The van der Waals surface area contributed by atoms with Gasteiger partial charge in [-0.1, -0.05) is 27.2 Å². The van der Waals surface area contributed by atoms with E-state index in [0.29, 0.717) is 0 Å². The highest BCUT2D eigenvalue weighted by Gasteiger charge is 2.51. The van der Waals surface area contributed by atoms with Gasteiger partial charge in [-0.3, -0.25) is 0 Å². The Bertz CT molecular complexity index is 415. The van der Waals surface area contributed by atoms with E-state index in [1.54, 1.807) is 0 Å². The van der Waals surface area contributed by atoms with Crippen molar-refractivity contribution in [2.75, 3.05) is 87.2 Å². The van der Waals surface area contributed by atoms with Crippen molar-refractivity contribution in [2.24, 2.45) is 0 Å². The first-order valence-corrected chi connectivity index (χ1v) is 12.1. The lowest BCUT2D eigenvalue weighted by molar-refractivity contribution is -1.02. The van der Waals surface area contributed by atoms with Crippen LogP contribution in [-0.4, -0.2) is 106 Å². The third-order valence-corrected chi connectivity index (χ3v) is 7.95. The van der Waals surface area contributed by atoms with Crippen LogP contribution in [0.25, 0.3) is 0 Å². The molecule has 0 heterocycles. The number of unbranched alkanes of at least 4 members (excludes halogenated alkanes) is 1. The molecule has 0 aliphatic carbocycles. The van der Waals surface area contributed by atoms with Gasteiger partial charge in [-0.15, -0.1) is 0 Å². The maximum absolute atomic E-state index is 5.92. The molecule has 3 atom stereocenters. The Morgan fingerprint density at radius 3 is 1.75 bits per heavy atom. The average Bonchev–Trinajstić information content (AvgIpc) is 2.69. The van der Waals surface area contributed by atoms with Gasteiger partial charge in [0.25, 0.3) is 0 Å². The fourth-order valence-electron chi connectivity index (χ4n) is 4.92. The molecule has 4 nitrogen and oxygen atoms in total. The molecule has 0 aromatic carbocycles. The lowest BCUT2D eigenvalue weighted by Gasteiger charge is -2.54. The van der Waals surface area contributed by atoms with E-state index in [-0.39, 0.29) is 5.54 Å². The van der Waals surface area contributed by atoms with E-state index in [4.69, 9.17) is 4.74 Å². The zero-order valence-electron chi connectivity index (χ0n) is 21.4. The summed E-state index contributed by atoms with van der Waals surface area (Å²) in [6.45, 7) is 25.0. The summed E-state index contributed by atoms with van der Waals surface area (Å²) in [5.41, 5.74) is 0.187. The maximum atomic E-state index is 5.92. The normalized spacial score (nSPS) is 19.1. The molecule has 0 amide bonds. The largest absolute Gasteiger partial charge is 0.378 e. The summed E-state index contributed by atoms with van der Waals surface area (Å²) in [5.74, 6) is 0. The van der Waals surface area contributed by atoms with Crippen LogP contribution in [0.2, 0.25) is 0 Å². The summed E-state index contributed by atoms with van der Waals surface area (Å²) in [5, 5.41) is 0. The van der Waals surface area contributed by atoms with Gasteiger partial charge in [-0.25, -0.2) is 0 Å². The van der Waals surface area contributed by atoms with Crippen molar-refractivity contribution in [2.45, 2.75) is 72.8 Å². The number of rotatable bonds is 17. The van der Waals surface area contributed by atoms with Gasteiger partial charge in [0.05, 0.1) is 53.9 Å². The molecule has 0 saturated carbocycles. The number of hydrogen-bond donors (Lipinski definition) is 0. The molecular formula is C24H56N3O+3. The highest BCUT2D eigenvalue weighted by atomic mass is 16.5. The zero-order valence-corrected chi connectivity index (χ0v) is 21.4. The molecule has 0 aromatic heterocycles.